The molecule has 0 bridgehead atoms. The lowest BCUT2D eigenvalue weighted by Gasteiger charge is -2.29. The number of fused-ring (bicyclic) bond motifs is 2. The van der Waals surface area contributed by atoms with Gasteiger partial charge in [0, 0.05) is 36.1 Å². The van der Waals surface area contributed by atoms with Crippen LogP contribution in [0.3, 0.4) is 0 Å². The number of anilines is 1. The number of aromatic nitrogens is 3. The number of amidine groups is 1. The summed E-state index contributed by atoms with van der Waals surface area (Å²) in [6.45, 7) is 5.05. The first kappa shape index (κ1) is 20.1. The van der Waals surface area contributed by atoms with Gasteiger partial charge in [0.05, 0.1) is 24.2 Å². The molecule has 2 aromatic heterocycles. The van der Waals surface area contributed by atoms with Gasteiger partial charge >= 0.3 is 0 Å². The average Bonchev–Trinajstić information content (AvgIpc) is 3.22. The largest absolute Gasteiger partial charge is 0.383 e. The highest BCUT2D eigenvalue weighted by atomic mass is 16.5. The third-order valence-electron chi connectivity index (χ3n) is 5.80. The van der Waals surface area contributed by atoms with Crippen molar-refractivity contribution in [1.29, 1.82) is 5.41 Å². The SMILES string of the molecule is CCc1nc2c(C(N)=NC=N)cc(N3CCOCC3)cc2n1-c1ccc2ccccc2n1. The number of hydrogen-bond donors (Lipinski definition) is 2. The van der Waals surface area contributed by atoms with Crippen LogP contribution in [0.2, 0.25) is 0 Å². The minimum Gasteiger partial charge on any atom is -0.383 e. The van der Waals surface area contributed by atoms with Gasteiger partial charge in [-0.25, -0.2) is 15.0 Å². The molecule has 162 valence electrons. The molecule has 0 radical (unpaired) electrons. The van der Waals surface area contributed by atoms with Crippen LogP contribution in [-0.4, -0.2) is 53.0 Å². The first-order valence-electron chi connectivity index (χ1n) is 10.8. The van der Waals surface area contributed by atoms with Crippen LogP contribution in [0.4, 0.5) is 5.69 Å². The molecule has 1 aliphatic heterocycles. The van der Waals surface area contributed by atoms with E-state index in [2.05, 4.69) is 39.6 Å². The van der Waals surface area contributed by atoms with Crippen molar-refractivity contribution >= 4 is 39.8 Å². The van der Waals surface area contributed by atoms with Gasteiger partial charge in [0.1, 0.15) is 29.3 Å². The molecule has 8 nitrogen and oxygen atoms in total. The van der Waals surface area contributed by atoms with Crippen molar-refractivity contribution < 1.29 is 4.74 Å². The number of benzene rings is 2. The number of rotatable bonds is 5. The molecule has 0 spiro atoms. The Hall–Kier alpha value is -3.78. The van der Waals surface area contributed by atoms with E-state index < -0.39 is 0 Å². The second-order valence-corrected chi connectivity index (χ2v) is 7.68. The number of nitrogens with one attached hydrogen (secondary N) is 1. The highest BCUT2D eigenvalue weighted by Gasteiger charge is 2.21. The Morgan fingerprint density at radius 1 is 1.16 bits per heavy atom. The Labute approximate surface area is 185 Å². The molecule has 4 aromatic rings. The fraction of sp³-hybridized carbons (Fsp3) is 0.250. The number of nitrogens with zero attached hydrogens (tertiary/aromatic N) is 5. The molecule has 2 aromatic carbocycles. The van der Waals surface area contributed by atoms with Crippen LogP contribution in [0.25, 0.3) is 27.8 Å². The van der Waals surface area contributed by atoms with Crippen LogP contribution in [0.1, 0.15) is 18.3 Å². The van der Waals surface area contributed by atoms with Gasteiger partial charge < -0.3 is 15.4 Å². The number of para-hydroxylation sites is 1. The van der Waals surface area contributed by atoms with Gasteiger partial charge in [0.15, 0.2) is 0 Å². The molecule has 0 unspecified atom stereocenters. The first-order chi connectivity index (χ1) is 15.7. The minimum absolute atomic E-state index is 0.277. The predicted molar refractivity (Wildman–Crippen MR) is 128 cm³/mol. The normalized spacial score (nSPS) is 14.9. The quantitative estimate of drug-likeness (QED) is 0.376. The summed E-state index contributed by atoms with van der Waals surface area (Å²) in [4.78, 5) is 16.2. The molecule has 1 fully saturated rings. The Kier molecular flexibility index (Phi) is 5.28. The molecule has 0 amide bonds. The monoisotopic (exact) mass is 427 g/mol. The summed E-state index contributed by atoms with van der Waals surface area (Å²) >= 11 is 0. The highest BCUT2D eigenvalue weighted by Crippen LogP contribution is 2.30. The average molecular weight is 428 g/mol. The minimum atomic E-state index is 0.277. The second-order valence-electron chi connectivity index (χ2n) is 7.68. The lowest BCUT2D eigenvalue weighted by molar-refractivity contribution is 0.122. The summed E-state index contributed by atoms with van der Waals surface area (Å²) in [5.74, 6) is 1.99. The van der Waals surface area contributed by atoms with Crippen molar-refractivity contribution in [3.8, 4) is 5.82 Å². The van der Waals surface area contributed by atoms with Crippen LogP contribution in [-0.2, 0) is 11.2 Å². The van der Waals surface area contributed by atoms with Crippen molar-refractivity contribution in [2.75, 3.05) is 31.2 Å². The number of ether oxygens (including phenoxy) is 1. The lowest BCUT2D eigenvalue weighted by atomic mass is 10.1. The van der Waals surface area contributed by atoms with Crippen molar-refractivity contribution in [3.05, 3.63) is 59.9 Å². The number of morpholine rings is 1. The number of aliphatic imine (C=N–C) groups is 1. The molecule has 5 rings (SSSR count). The van der Waals surface area contributed by atoms with Gasteiger partial charge in [0.25, 0.3) is 0 Å². The van der Waals surface area contributed by atoms with Crippen molar-refractivity contribution in [3.63, 3.8) is 0 Å². The van der Waals surface area contributed by atoms with Gasteiger partial charge in [-0.3, -0.25) is 9.98 Å². The molecular formula is C24H25N7O. The zero-order chi connectivity index (χ0) is 22.1. The van der Waals surface area contributed by atoms with Gasteiger partial charge in [-0.05, 0) is 30.3 Å². The lowest BCUT2D eigenvalue weighted by Crippen LogP contribution is -2.36. The molecule has 3 N–H and O–H groups in total. The maximum Gasteiger partial charge on any atom is 0.139 e. The van der Waals surface area contributed by atoms with E-state index in [1.807, 2.05) is 30.3 Å². The molecule has 0 atom stereocenters. The zero-order valence-electron chi connectivity index (χ0n) is 18.0. The van der Waals surface area contributed by atoms with Crippen LogP contribution in [0, 0.1) is 5.41 Å². The molecule has 32 heavy (non-hydrogen) atoms. The van der Waals surface area contributed by atoms with E-state index >= 15 is 0 Å². The molecule has 0 aliphatic carbocycles. The Balaban J connectivity index is 1.78. The van der Waals surface area contributed by atoms with Crippen LogP contribution in [0.15, 0.2) is 53.5 Å². The van der Waals surface area contributed by atoms with E-state index in [0.29, 0.717) is 13.2 Å². The van der Waals surface area contributed by atoms with E-state index in [9.17, 15) is 0 Å². The second kappa shape index (κ2) is 8.39. The molecule has 8 heteroatoms. The summed E-state index contributed by atoms with van der Waals surface area (Å²) < 4.78 is 7.64. The Morgan fingerprint density at radius 2 is 1.97 bits per heavy atom. The Morgan fingerprint density at radius 3 is 2.75 bits per heavy atom. The highest BCUT2D eigenvalue weighted by molar-refractivity contribution is 6.10. The third kappa shape index (κ3) is 3.48. The van der Waals surface area contributed by atoms with E-state index in [-0.39, 0.29) is 5.84 Å². The molecule has 1 saturated heterocycles. The van der Waals surface area contributed by atoms with E-state index in [1.165, 1.54) is 0 Å². The maximum absolute atomic E-state index is 7.38. The third-order valence-corrected chi connectivity index (χ3v) is 5.80. The molecular weight excluding hydrogens is 402 g/mol. The van der Waals surface area contributed by atoms with Gasteiger partial charge in [-0.1, -0.05) is 25.1 Å². The number of imidazole rings is 1. The summed E-state index contributed by atoms with van der Waals surface area (Å²) in [6, 6.07) is 16.4. The van der Waals surface area contributed by atoms with Crippen molar-refractivity contribution in [2.45, 2.75) is 13.3 Å². The fourth-order valence-electron chi connectivity index (χ4n) is 4.22. The topological polar surface area (TPSA) is 105 Å². The maximum atomic E-state index is 7.38. The molecule has 0 saturated carbocycles. The van der Waals surface area contributed by atoms with E-state index in [4.69, 9.17) is 25.8 Å². The van der Waals surface area contributed by atoms with E-state index in [0.717, 1.165) is 70.7 Å². The molecule has 1 aliphatic rings. The standard InChI is InChI=1S/C24H25N7O/c1-2-21-29-23-18(24(26)27-15-25)13-17(30-9-11-32-12-10-30)14-20(23)31(21)22-8-7-16-5-3-4-6-19(16)28-22/h3-8,13-15H,2,9-12H2,1H3,(H3,25,26,27). The summed E-state index contributed by atoms with van der Waals surface area (Å²) in [7, 11) is 0. The van der Waals surface area contributed by atoms with Crippen molar-refractivity contribution in [1.82, 2.24) is 14.5 Å². The smallest absolute Gasteiger partial charge is 0.139 e. The molecule has 3 heterocycles. The summed E-state index contributed by atoms with van der Waals surface area (Å²) in [6.07, 6.45) is 1.70. The zero-order valence-corrected chi connectivity index (χ0v) is 18.0. The number of aryl methyl sites for hydroxylation is 1. The Bertz CT molecular complexity index is 1340. The van der Waals surface area contributed by atoms with Crippen LogP contribution in [0.5, 0.6) is 0 Å². The number of nitrogens with two attached hydrogens (primary N) is 1. The van der Waals surface area contributed by atoms with Crippen molar-refractivity contribution in [2.24, 2.45) is 10.7 Å². The number of hydrogen-bond acceptors (Lipinski definition) is 5. The summed E-state index contributed by atoms with van der Waals surface area (Å²) in [5, 5.41) is 8.47. The fourth-order valence-corrected chi connectivity index (χ4v) is 4.22. The predicted octanol–water partition coefficient (Wildman–Crippen LogP) is 3.29. The number of pyridine rings is 1. The first-order valence-corrected chi connectivity index (χ1v) is 10.8. The van der Waals surface area contributed by atoms with Gasteiger partial charge in [-0.15, -0.1) is 0 Å². The van der Waals surface area contributed by atoms with Crippen LogP contribution < -0.4 is 10.6 Å². The van der Waals surface area contributed by atoms with Crippen LogP contribution >= 0.6 is 0 Å². The summed E-state index contributed by atoms with van der Waals surface area (Å²) in [5.41, 5.74) is 10.6. The van der Waals surface area contributed by atoms with Gasteiger partial charge in [0.2, 0.25) is 0 Å². The van der Waals surface area contributed by atoms with E-state index in [1.54, 1.807) is 0 Å². The van der Waals surface area contributed by atoms with Gasteiger partial charge in [-0.2, -0.15) is 0 Å².